The van der Waals surface area contributed by atoms with Crippen molar-refractivity contribution in [3.63, 3.8) is 0 Å². The van der Waals surface area contributed by atoms with Crippen LogP contribution in [0.3, 0.4) is 0 Å². The maximum Gasteiger partial charge on any atom is 0.319 e. The minimum atomic E-state index is -0.434. The lowest BCUT2D eigenvalue weighted by molar-refractivity contribution is -0.135. The lowest BCUT2D eigenvalue weighted by Crippen LogP contribution is -2.51. The van der Waals surface area contributed by atoms with E-state index < -0.39 is 6.04 Å². The zero-order valence-corrected chi connectivity index (χ0v) is 17.3. The predicted molar refractivity (Wildman–Crippen MR) is 112 cm³/mol. The molecule has 0 bridgehead atoms. The highest BCUT2D eigenvalue weighted by molar-refractivity contribution is 5.89. The Morgan fingerprint density at radius 1 is 1.30 bits per heavy atom. The molecule has 1 aromatic carbocycles. The van der Waals surface area contributed by atoms with Crippen molar-refractivity contribution < 1.29 is 9.59 Å². The monoisotopic (exact) mass is 396 g/mol. The molecule has 27 heavy (non-hydrogen) atoms. The van der Waals surface area contributed by atoms with Crippen molar-refractivity contribution in [2.75, 3.05) is 25.0 Å². The lowest BCUT2D eigenvalue weighted by atomic mass is 9.94. The maximum absolute atomic E-state index is 12.6. The summed E-state index contributed by atoms with van der Waals surface area (Å²) in [5, 5.41) is 5.75. The van der Waals surface area contributed by atoms with Crippen LogP contribution in [0.5, 0.6) is 0 Å². The number of piperidine rings is 1. The van der Waals surface area contributed by atoms with E-state index in [0.717, 1.165) is 37.1 Å². The van der Waals surface area contributed by atoms with Crippen molar-refractivity contribution in [2.24, 2.45) is 17.6 Å². The number of anilines is 1. The van der Waals surface area contributed by atoms with E-state index in [-0.39, 0.29) is 36.2 Å². The van der Waals surface area contributed by atoms with Gasteiger partial charge in [0.15, 0.2) is 0 Å². The highest BCUT2D eigenvalue weighted by Crippen LogP contribution is 2.18. The van der Waals surface area contributed by atoms with Gasteiger partial charge >= 0.3 is 6.03 Å². The number of aryl methyl sites for hydroxylation is 1. The fraction of sp³-hybridized carbons (Fsp3) is 0.600. The fourth-order valence-corrected chi connectivity index (χ4v) is 3.19. The molecule has 7 heteroatoms. The average molecular weight is 397 g/mol. The van der Waals surface area contributed by atoms with E-state index in [1.165, 1.54) is 0 Å². The highest BCUT2D eigenvalue weighted by Gasteiger charge is 2.29. The molecule has 4 N–H and O–H groups in total. The van der Waals surface area contributed by atoms with Crippen molar-refractivity contribution in [3.8, 4) is 0 Å². The number of hydrogen-bond acceptors (Lipinski definition) is 3. The van der Waals surface area contributed by atoms with Gasteiger partial charge in [0.05, 0.1) is 6.04 Å². The number of carbonyl (C=O) groups excluding carboxylic acids is 2. The van der Waals surface area contributed by atoms with Crippen LogP contribution >= 0.6 is 12.4 Å². The lowest BCUT2D eigenvalue weighted by Gasteiger charge is -2.35. The molecule has 1 aliphatic heterocycles. The van der Waals surface area contributed by atoms with E-state index in [4.69, 9.17) is 5.73 Å². The standard InChI is InChI=1S/C20H32N4O2.ClH/c1-4-15(3)18(21)19(25)24-11-5-6-16(13-24)12-22-20(26)23-17-9-7-14(2)8-10-17;/h7-10,15-16,18H,4-6,11-13,21H2,1-3H3,(H2,22,23,26);1H. The summed E-state index contributed by atoms with van der Waals surface area (Å²) in [6.07, 6.45) is 2.85. The van der Waals surface area contributed by atoms with E-state index in [1.54, 1.807) is 0 Å². The SMILES string of the molecule is CCC(C)C(N)C(=O)N1CCCC(CNC(=O)Nc2ccc(C)cc2)C1.Cl. The van der Waals surface area contributed by atoms with E-state index in [1.807, 2.05) is 49.9 Å². The molecule has 0 aliphatic carbocycles. The summed E-state index contributed by atoms with van der Waals surface area (Å²) in [6.45, 7) is 8.05. The van der Waals surface area contributed by atoms with Crippen molar-refractivity contribution in [1.82, 2.24) is 10.2 Å². The van der Waals surface area contributed by atoms with Gasteiger partial charge < -0.3 is 21.3 Å². The van der Waals surface area contributed by atoms with Crippen LogP contribution in [0.2, 0.25) is 0 Å². The number of hydrogen-bond donors (Lipinski definition) is 3. The molecule has 1 saturated heterocycles. The molecule has 3 atom stereocenters. The number of nitrogens with two attached hydrogens (primary N) is 1. The Morgan fingerprint density at radius 3 is 2.59 bits per heavy atom. The van der Waals surface area contributed by atoms with E-state index in [0.29, 0.717) is 13.1 Å². The van der Waals surface area contributed by atoms with Crippen LogP contribution in [0.1, 0.15) is 38.7 Å². The predicted octanol–water partition coefficient (Wildman–Crippen LogP) is 3.15. The first kappa shape index (κ1) is 23.2. The Bertz CT molecular complexity index is 609. The summed E-state index contributed by atoms with van der Waals surface area (Å²) in [5.74, 6) is 0.482. The van der Waals surface area contributed by atoms with Gasteiger partial charge in [-0.05, 0) is 43.7 Å². The van der Waals surface area contributed by atoms with Crippen LogP contribution in [0.15, 0.2) is 24.3 Å². The minimum absolute atomic E-state index is 0. The van der Waals surface area contributed by atoms with Crippen LogP contribution in [0.25, 0.3) is 0 Å². The number of amides is 3. The number of carbonyl (C=O) groups is 2. The van der Waals surface area contributed by atoms with Crippen LogP contribution in [0.4, 0.5) is 10.5 Å². The van der Waals surface area contributed by atoms with E-state index in [2.05, 4.69) is 10.6 Å². The van der Waals surface area contributed by atoms with E-state index in [9.17, 15) is 9.59 Å². The first-order chi connectivity index (χ1) is 12.4. The summed E-state index contributed by atoms with van der Waals surface area (Å²) in [6, 6.07) is 7.03. The molecule has 1 fully saturated rings. The van der Waals surface area contributed by atoms with Crippen LogP contribution in [0, 0.1) is 18.8 Å². The summed E-state index contributed by atoms with van der Waals surface area (Å²) >= 11 is 0. The molecule has 0 aromatic heterocycles. The number of rotatable bonds is 6. The third-order valence-corrected chi connectivity index (χ3v) is 5.23. The van der Waals surface area contributed by atoms with Gasteiger partial charge in [0, 0.05) is 25.3 Å². The molecule has 3 unspecified atom stereocenters. The Balaban J connectivity index is 0.00000364. The van der Waals surface area contributed by atoms with Crippen molar-refractivity contribution in [1.29, 1.82) is 0 Å². The second-order valence-corrected chi connectivity index (χ2v) is 7.40. The number of likely N-dealkylation sites (tertiary alicyclic amines) is 1. The number of halogens is 1. The molecule has 6 nitrogen and oxygen atoms in total. The Morgan fingerprint density at radius 2 is 1.96 bits per heavy atom. The topological polar surface area (TPSA) is 87.5 Å². The van der Waals surface area contributed by atoms with Crippen molar-refractivity contribution in [2.45, 2.75) is 46.1 Å². The largest absolute Gasteiger partial charge is 0.341 e. The molecular formula is C20H33ClN4O2. The summed E-state index contributed by atoms with van der Waals surface area (Å²) in [5.41, 5.74) is 8.02. The van der Waals surface area contributed by atoms with Gasteiger partial charge in [-0.1, -0.05) is 38.0 Å². The number of urea groups is 1. The van der Waals surface area contributed by atoms with Gasteiger partial charge in [-0.25, -0.2) is 4.79 Å². The molecule has 2 rings (SSSR count). The zero-order chi connectivity index (χ0) is 19.1. The average Bonchev–Trinajstić information content (AvgIpc) is 2.66. The summed E-state index contributed by atoms with van der Waals surface area (Å²) in [4.78, 5) is 26.5. The van der Waals surface area contributed by atoms with Gasteiger partial charge in [0.25, 0.3) is 0 Å². The number of nitrogens with one attached hydrogen (secondary N) is 2. The molecular weight excluding hydrogens is 364 g/mol. The highest BCUT2D eigenvalue weighted by atomic mass is 35.5. The summed E-state index contributed by atoms with van der Waals surface area (Å²) < 4.78 is 0. The quantitative estimate of drug-likeness (QED) is 0.690. The number of nitrogens with zero attached hydrogens (tertiary/aromatic N) is 1. The second-order valence-electron chi connectivity index (χ2n) is 7.40. The Labute approximate surface area is 168 Å². The Hall–Kier alpha value is -1.79. The zero-order valence-electron chi connectivity index (χ0n) is 16.5. The van der Waals surface area contributed by atoms with Crippen molar-refractivity contribution in [3.05, 3.63) is 29.8 Å². The molecule has 152 valence electrons. The molecule has 0 spiro atoms. The van der Waals surface area contributed by atoms with Gasteiger partial charge in [-0.15, -0.1) is 12.4 Å². The number of benzene rings is 1. The summed E-state index contributed by atoms with van der Waals surface area (Å²) in [7, 11) is 0. The van der Waals surface area contributed by atoms with Gasteiger partial charge in [-0.2, -0.15) is 0 Å². The molecule has 1 heterocycles. The normalized spacial score (nSPS) is 18.8. The van der Waals surface area contributed by atoms with Crippen LogP contribution < -0.4 is 16.4 Å². The Kier molecular flexibility index (Phi) is 9.60. The minimum Gasteiger partial charge on any atom is -0.341 e. The molecule has 1 aromatic rings. The van der Waals surface area contributed by atoms with E-state index >= 15 is 0 Å². The first-order valence-electron chi connectivity index (χ1n) is 9.56. The van der Waals surface area contributed by atoms with Gasteiger partial charge in [0.1, 0.15) is 0 Å². The third-order valence-electron chi connectivity index (χ3n) is 5.23. The first-order valence-corrected chi connectivity index (χ1v) is 9.56. The van der Waals surface area contributed by atoms with Gasteiger partial charge in [0.2, 0.25) is 5.91 Å². The molecule has 0 radical (unpaired) electrons. The van der Waals surface area contributed by atoms with Gasteiger partial charge in [-0.3, -0.25) is 4.79 Å². The maximum atomic E-state index is 12.6. The smallest absolute Gasteiger partial charge is 0.319 e. The van der Waals surface area contributed by atoms with Crippen LogP contribution in [-0.2, 0) is 4.79 Å². The molecule has 0 saturated carbocycles. The molecule has 1 aliphatic rings. The third kappa shape index (κ3) is 7.03. The van der Waals surface area contributed by atoms with Crippen molar-refractivity contribution >= 4 is 30.0 Å². The van der Waals surface area contributed by atoms with Crippen LogP contribution in [-0.4, -0.2) is 42.5 Å². The second kappa shape index (κ2) is 11.1. The fourth-order valence-electron chi connectivity index (χ4n) is 3.19. The molecule has 3 amide bonds.